The molecule has 3 aromatic rings. The molecular formula is C21H23ClNO3P. The third-order valence-electron chi connectivity index (χ3n) is 4.17. The van der Waals surface area contributed by atoms with E-state index in [0.29, 0.717) is 18.2 Å². The number of hydrogen-bond donors (Lipinski definition) is 1. The molecule has 0 radical (unpaired) electrons. The van der Waals surface area contributed by atoms with Gasteiger partial charge in [0.1, 0.15) is 0 Å². The van der Waals surface area contributed by atoms with Crippen molar-refractivity contribution in [1.29, 1.82) is 0 Å². The Morgan fingerprint density at radius 1 is 0.926 bits per heavy atom. The molecule has 4 nitrogen and oxygen atoms in total. The molecule has 1 atom stereocenters. The van der Waals surface area contributed by atoms with Crippen molar-refractivity contribution in [3.63, 3.8) is 0 Å². The fraction of sp³-hybridized carbons (Fsp3) is 0.238. The zero-order valence-electron chi connectivity index (χ0n) is 15.4. The van der Waals surface area contributed by atoms with Crippen molar-refractivity contribution in [2.24, 2.45) is 0 Å². The summed E-state index contributed by atoms with van der Waals surface area (Å²) >= 11 is 5.99. The molecule has 0 heterocycles. The van der Waals surface area contributed by atoms with Crippen LogP contribution in [-0.4, -0.2) is 13.2 Å². The topological polar surface area (TPSA) is 47.6 Å². The minimum Gasteiger partial charge on any atom is -0.368 e. The predicted molar refractivity (Wildman–Crippen MR) is 113 cm³/mol. The second kappa shape index (κ2) is 8.90. The minimum absolute atomic E-state index is 0.295. The van der Waals surface area contributed by atoms with E-state index in [4.69, 9.17) is 20.6 Å². The second-order valence-corrected chi connectivity index (χ2v) is 8.58. The van der Waals surface area contributed by atoms with Crippen LogP contribution in [0.2, 0.25) is 5.02 Å². The molecule has 142 valence electrons. The Morgan fingerprint density at radius 3 is 2.19 bits per heavy atom. The number of hydrogen-bond acceptors (Lipinski definition) is 4. The second-order valence-electron chi connectivity index (χ2n) is 6.04. The van der Waals surface area contributed by atoms with Crippen LogP contribution < -0.4 is 5.32 Å². The highest BCUT2D eigenvalue weighted by Gasteiger charge is 2.37. The number of fused-ring (bicyclic) bond motifs is 1. The maximum absolute atomic E-state index is 13.6. The van der Waals surface area contributed by atoms with E-state index in [0.717, 1.165) is 22.0 Å². The molecule has 6 heteroatoms. The van der Waals surface area contributed by atoms with Crippen molar-refractivity contribution in [3.05, 3.63) is 77.3 Å². The van der Waals surface area contributed by atoms with E-state index >= 15 is 0 Å². The summed E-state index contributed by atoms with van der Waals surface area (Å²) in [7, 11) is -3.45. The van der Waals surface area contributed by atoms with Crippen molar-refractivity contribution < 1.29 is 13.6 Å². The van der Waals surface area contributed by atoms with Crippen LogP contribution >= 0.6 is 19.2 Å². The number of benzene rings is 3. The Labute approximate surface area is 165 Å². The summed E-state index contributed by atoms with van der Waals surface area (Å²) in [5.74, 6) is -0.636. The molecule has 0 aliphatic heterocycles. The van der Waals surface area contributed by atoms with Crippen LogP contribution in [0, 0.1) is 0 Å². The highest BCUT2D eigenvalue weighted by molar-refractivity contribution is 7.54. The SMILES string of the molecule is CCOP(=O)(OCC)C(Nc1ccc(Cl)cc1)c1ccc2ccccc2c1. The van der Waals surface area contributed by atoms with Gasteiger partial charge in [0, 0.05) is 10.7 Å². The van der Waals surface area contributed by atoms with E-state index in [2.05, 4.69) is 5.32 Å². The van der Waals surface area contributed by atoms with Gasteiger partial charge in [-0.2, -0.15) is 0 Å². The summed E-state index contributed by atoms with van der Waals surface area (Å²) in [6.07, 6.45) is 0. The fourth-order valence-electron chi connectivity index (χ4n) is 2.97. The summed E-state index contributed by atoms with van der Waals surface area (Å²) < 4.78 is 24.9. The number of nitrogens with one attached hydrogen (secondary N) is 1. The molecule has 0 bridgehead atoms. The molecule has 0 fully saturated rings. The summed E-state index contributed by atoms with van der Waals surface area (Å²) in [5.41, 5.74) is 1.63. The van der Waals surface area contributed by atoms with E-state index in [-0.39, 0.29) is 0 Å². The fourth-order valence-corrected chi connectivity index (χ4v) is 5.02. The molecule has 0 aromatic heterocycles. The van der Waals surface area contributed by atoms with Crippen molar-refractivity contribution in [2.45, 2.75) is 19.6 Å². The van der Waals surface area contributed by atoms with Gasteiger partial charge >= 0.3 is 7.60 Å². The van der Waals surface area contributed by atoms with E-state index in [1.807, 2.05) is 68.4 Å². The maximum atomic E-state index is 13.6. The minimum atomic E-state index is -3.45. The molecule has 0 saturated carbocycles. The summed E-state index contributed by atoms with van der Waals surface area (Å²) in [5, 5.41) is 6.15. The molecule has 0 saturated heterocycles. The van der Waals surface area contributed by atoms with Gasteiger partial charge in [-0.1, -0.05) is 48.0 Å². The van der Waals surface area contributed by atoms with E-state index < -0.39 is 13.4 Å². The van der Waals surface area contributed by atoms with Gasteiger partial charge in [0.05, 0.1) is 13.2 Å². The van der Waals surface area contributed by atoms with Crippen LogP contribution in [0.5, 0.6) is 0 Å². The van der Waals surface area contributed by atoms with Gasteiger partial charge in [-0.3, -0.25) is 4.57 Å². The van der Waals surface area contributed by atoms with E-state index in [9.17, 15) is 4.57 Å². The van der Waals surface area contributed by atoms with Crippen molar-refractivity contribution in [3.8, 4) is 0 Å². The molecule has 1 unspecified atom stereocenters. The molecule has 27 heavy (non-hydrogen) atoms. The van der Waals surface area contributed by atoms with E-state index in [1.165, 1.54) is 0 Å². The summed E-state index contributed by atoms with van der Waals surface area (Å²) in [6, 6.07) is 21.3. The van der Waals surface area contributed by atoms with Crippen molar-refractivity contribution in [1.82, 2.24) is 0 Å². The molecule has 1 N–H and O–H groups in total. The van der Waals surface area contributed by atoms with Crippen LogP contribution in [-0.2, 0) is 13.6 Å². The zero-order valence-corrected chi connectivity index (χ0v) is 17.0. The third-order valence-corrected chi connectivity index (χ3v) is 6.72. The average molecular weight is 404 g/mol. The molecule has 3 rings (SSSR count). The van der Waals surface area contributed by atoms with Crippen LogP contribution in [0.15, 0.2) is 66.7 Å². The molecule has 0 spiro atoms. The van der Waals surface area contributed by atoms with Crippen LogP contribution in [0.4, 0.5) is 5.69 Å². The van der Waals surface area contributed by atoms with Gasteiger partial charge in [-0.25, -0.2) is 0 Å². The molecule has 0 aliphatic carbocycles. The Morgan fingerprint density at radius 2 is 1.56 bits per heavy atom. The smallest absolute Gasteiger partial charge is 0.357 e. The van der Waals surface area contributed by atoms with Gasteiger partial charge in [-0.05, 0) is 60.5 Å². The lowest BCUT2D eigenvalue weighted by Gasteiger charge is -2.28. The molecule has 0 amide bonds. The first-order chi connectivity index (χ1) is 13.1. The van der Waals surface area contributed by atoms with Gasteiger partial charge in [-0.15, -0.1) is 0 Å². The Kier molecular flexibility index (Phi) is 6.56. The quantitative estimate of drug-likeness (QED) is 0.417. The zero-order chi connectivity index (χ0) is 19.3. The lowest BCUT2D eigenvalue weighted by molar-refractivity contribution is 0.214. The van der Waals surface area contributed by atoms with Gasteiger partial charge in [0.25, 0.3) is 0 Å². The van der Waals surface area contributed by atoms with Crippen molar-refractivity contribution in [2.75, 3.05) is 18.5 Å². The van der Waals surface area contributed by atoms with Gasteiger partial charge in [0.15, 0.2) is 5.78 Å². The molecular weight excluding hydrogens is 381 g/mol. The predicted octanol–water partition coefficient (Wildman–Crippen LogP) is 6.87. The largest absolute Gasteiger partial charge is 0.368 e. The third kappa shape index (κ3) is 4.72. The summed E-state index contributed by atoms with van der Waals surface area (Å²) in [4.78, 5) is 0. The van der Waals surface area contributed by atoms with Crippen LogP contribution in [0.1, 0.15) is 25.2 Å². The lowest BCUT2D eigenvalue weighted by Crippen LogP contribution is -2.15. The lowest BCUT2D eigenvalue weighted by atomic mass is 10.1. The Balaban J connectivity index is 2.06. The normalized spacial score (nSPS) is 12.9. The first-order valence-corrected chi connectivity index (χ1v) is 10.9. The van der Waals surface area contributed by atoms with E-state index in [1.54, 1.807) is 12.1 Å². The number of rotatable bonds is 8. The maximum Gasteiger partial charge on any atom is 0.357 e. The standard InChI is InChI=1S/C21H23ClNO3P/c1-3-25-27(24,26-4-2)21(23-20-13-11-19(22)12-14-20)18-10-9-16-7-5-6-8-17(16)15-18/h5-15,21,23H,3-4H2,1-2H3. The van der Waals surface area contributed by atoms with Crippen LogP contribution in [0.25, 0.3) is 10.8 Å². The van der Waals surface area contributed by atoms with Gasteiger partial charge in [0.2, 0.25) is 0 Å². The monoisotopic (exact) mass is 403 g/mol. The first kappa shape index (κ1) is 19.9. The Hall–Kier alpha value is -1.84. The highest BCUT2D eigenvalue weighted by Crippen LogP contribution is 2.61. The van der Waals surface area contributed by atoms with Crippen LogP contribution in [0.3, 0.4) is 0 Å². The van der Waals surface area contributed by atoms with Gasteiger partial charge < -0.3 is 14.4 Å². The molecule has 0 aliphatic rings. The average Bonchev–Trinajstić information content (AvgIpc) is 2.67. The highest BCUT2D eigenvalue weighted by atomic mass is 35.5. The molecule has 3 aromatic carbocycles. The van der Waals surface area contributed by atoms with Crippen molar-refractivity contribution >= 4 is 35.7 Å². The number of anilines is 1. The first-order valence-electron chi connectivity index (χ1n) is 8.95. The number of halogens is 1. The Bertz CT molecular complexity index is 936. The summed E-state index contributed by atoms with van der Waals surface area (Å²) in [6.45, 7) is 4.21.